The van der Waals surface area contributed by atoms with Gasteiger partial charge in [0.25, 0.3) is 10.0 Å². The van der Waals surface area contributed by atoms with E-state index in [0.29, 0.717) is 22.0 Å². The predicted octanol–water partition coefficient (Wildman–Crippen LogP) is 6.15. The van der Waals surface area contributed by atoms with Gasteiger partial charge in [0.05, 0.1) is 10.6 Å². The molecule has 0 aromatic heterocycles. The Kier molecular flexibility index (Phi) is 7.01. The first-order chi connectivity index (χ1) is 16.4. The summed E-state index contributed by atoms with van der Waals surface area (Å²) < 4.78 is 28.3. The van der Waals surface area contributed by atoms with E-state index in [-0.39, 0.29) is 4.90 Å². The Balaban J connectivity index is 1.70. The number of sulfonamides is 1. The lowest BCUT2D eigenvalue weighted by Gasteiger charge is -2.26. The van der Waals surface area contributed by atoms with Gasteiger partial charge in [0.1, 0.15) is 6.54 Å². The Hall–Kier alpha value is -3.61. The van der Waals surface area contributed by atoms with Gasteiger partial charge in [-0.1, -0.05) is 84.4 Å². The van der Waals surface area contributed by atoms with Crippen LogP contribution in [0, 0.1) is 6.92 Å². The number of benzene rings is 4. The van der Waals surface area contributed by atoms with E-state index in [9.17, 15) is 13.2 Å². The number of aryl methyl sites for hydroxylation is 1. The van der Waals surface area contributed by atoms with Crippen molar-refractivity contribution in [2.45, 2.75) is 11.8 Å². The van der Waals surface area contributed by atoms with E-state index in [0.717, 1.165) is 15.4 Å². The lowest BCUT2D eigenvalue weighted by molar-refractivity contribution is -0.114. The zero-order valence-corrected chi connectivity index (χ0v) is 20.1. The molecule has 0 saturated carbocycles. The highest BCUT2D eigenvalue weighted by Crippen LogP contribution is 2.31. The van der Waals surface area contributed by atoms with E-state index in [1.807, 2.05) is 48.5 Å². The van der Waals surface area contributed by atoms with E-state index in [4.69, 9.17) is 11.6 Å². The fourth-order valence-corrected chi connectivity index (χ4v) is 5.32. The number of hydrogen-bond donors (Lipinski definition) is 1. The van der Waals surface area contributed by atoms with Crippen molar-refractivity contribution in [3.8, 4) is 11.1 Å². The second-order valence-corrected chi connectivity index (χ2v) is 10.0. The topological polar surface area (TPSA) is 66.5 Å². The monoisotopic (exact) mass is 490 g/mol. The molecule has 0 unspecified atom stereocenters. The number of nitrogens with zero attached hydrogens (tertiary/aromatic N) is 1. The van der Waals surface area contributed by atoms with Crippen LogP contribution in [0.3, 0.4) is 0 Å². The van der Waals surface area contributed by atoms with Crippen molar-refractivity contribution < 1.29 is 13.2 Å². The maximum Gasteiger partial charge on any atom is 0.264 e. The maximum atomic E-state index is 13.6. The van der Waals surface area contributed by atoms with Crippen molar-refractivity contribution in [1.29, 1.82) is 0 Å². The van der Waals surface area contributed by atoms with Crippen molar-refractivity contribution in [2.75, 3.05) is 16.2 Å². The van der Waals surface area contributed by atoms with Gasteiger partial charge in [-0.3, -0.25) is 9.10 Å². The van der Waals surface area contributed by atoms with Gasteiger partial charge in [0.15, 0.2) is 0 Å². The third kappa shape index (κ3) is 5.14. The average molecular weight is 491 g/mol. The molecule has 0 saturated heterocycles. The second kappa shape index (κ2) is 10.1. The zero-order chi connectivity index (χ0) is 24.1. The fraction of sp³-hybridized carbons (Fsp3) is 0.0741. The van der Waals surface area contributed by atoms with Gasteiger partial charge < -0.3 is 5.32 Å². The van der Waals surface area contributed by atoms with Gasteiger partial charge in [0, 0.05) is 16.3 Å². The van der Waals surface area contributed by atoms with Gasteiger partial charge in [-0.05, 0) is 48.4 Å². The molecule has 0 heterocycles. The van der Waals surface area contributed by atoms with Gasteiger partial charge in [-0.15, -0.1) is 0 Å². The maximum absolute atomic E-state index is 13.6. The zero-order valence-electron chi connectivity index (χ0n) is 18.5. The third-order valence-corrected chi connectivity index (χ3v) is 7.35. The molecule has 34 heavy (non-hydrogen) atoms. The van der Waals surface area contributed by atoms with E-state index in [1.54, 1.807) is 49.4 Å². The van der Waals surface area contributed by atoms with Gasteiger partial charge in [0.2, 0.25) is 5.91 Å². The van der Waals surface area contributed by atoms with E-state index < -0.39 is 22.5 Å². The average Bonchev–Trinajstić information content (AvgIpc) is 2.85. The Morgan fingerprint density at radius 1 is 0.853 bits per heavy atom. The number of para-hydroxylation sites is 1. The molecule has 0 bridgehead atoms. The molecule has 1 N–H and O–H groups in total. The van der Waals surface area contributed by atoms with Crippen molar-refractivity contribution in [3.63, 3.8) is 0 Å². The number of anilines is 2. The summed E-state index contributed by atoms with van der Waals surface area (Å²) in [5.41, 5.74) is 3.41. The number of carbonyl (C=O) groups excluding carboxylic acids is 1. The highest BCUT2D eigenvalue weighted by molar-refractivity contribution is 7.92. The molecule has 0 fully saturated rings. The molecular weight excluding hydrogens is 468 g/mol. The molecule has 0 atom stereocenters. The fourth-order valence-electron chi connectivity index (χ4n) is 3.65. The van der Waals surface area contributed by atoms with E-state index in [2.05, 4.69) is 5.32 Å². The molecule has 7 heteroatoms. The molecule has 5 nitrogen and oxygen atoms in total. The number of amides is 1. The molecule has 0 aliphatic carbocycles. The standard InChI is InChI=1S/C27H23ClN2O3S/c1-20-16-17-22(28)18-26(20)30(34(32,33)23-12-6-3-7-13-23)19-27(31)29-25-15-9-8-14-24(25)21-10-4-2-5-11-21/h2-18H,19H2,1H3,(H,29,31). The summed E-state index contributed by atoms with van der Waals surface area (Å²) in [5.74, 6) is -0.470. The lowest BCUT2D eigenvalue weighted by Crippen LogP contribution is -2.38. The lowest BCUT2D eigenvalue weighted by atomic mass is 10.0. The van der Waals surface area contributed by atoms with Crippen LogP contribution >= 0.6 is 11.6 Å². The summed E-state index contributed by atoms with van der Waals surface area (Å²) in [7, 11) is -4.03. The van der Waals surface area contributed by atoms with Gasteiger partial charge >= 0.3 is 0 Å². The van der Waals surface area contributed by atoms with Crippen LogP contribution in [0.2, 0.25) is 5.02 Å². The molecule has 0 aliphatic heterocycles. The largest absolute Gasteiger partial charge is 0.324 e. The van der Waals surface area contributed by atoms with E-state index in [1.165, 1.54) is 12.1 Å². The molecule has 4 aromatic carbocycles. The summed E-state index contributed by atoms with van der Waals surface area (Å²) in [5, 5.41) is 3.27. The summed E-state index contributed by atoms with van der Waals surface area (Å²) >= 11 is 6.19. The quantitative estimate of drug-likeness (QED) is 0.338. The molecular formula is C27H23ClN2O3S. The highest BCUT2D eigenvalue weighted by Gasteiger charge is 2.28. The number of nitrogens with one attached hydrogen (secondary N) is 1. The van der Waals surface area contributed by atoms with Crippen LogP contribution in [0.15, 0.2) is 108 Å². The first-order valence-corrected chi connectivity index (χ1v) is 12.5. The third-order valence-electron chi connectivity index (χ3n) is 5.34. The minimum absolute atomic E-state index is 0.0897. The van der Waals surface area contributed by atoms with Gasteiger partial charge in [-0.25, -0.2) is 8.42 Å². The number of hydrogen-bond acceptors (Lipinski definition) is 3. The molecule has 172 valence electrons. The van der Waals surface area contributed by atoms with Gasteiger partial charge in [-0.2, -0.15) is 0 Å². The van der Waals surface area contributed by atoms with Crippen LogP contribution in [0.4, 0.5) is 11.4 Å². The Morgan fingerprint density at radius 2 is 1.47 bits per heavy atom. The van der Waals surface area contributed by atoms with Crippen LogP contribution in [-0.2, 0) is 14.8 Å². The first-order valence-electron chi connectivity index (χ1n) is 10.6. The summed E-state index contributed by atoms with van der Waals surface area (Å²) in [4.78, 5) is 13.3. The first kappa shape index (κ1) is 23.5. The van der Waals surface area contributed by atoms with Crippen LogP contribution < -0.4 is 9.62 Å². The van der Waals surface area contributed by atoms with Crippen LogP contribution in [0.5, 0.6) is 0 Å². The number of rotatable bonds is 7. The van der Waals surface area contributed by atoms with Crippen molar-refractivity contribution >= 4 is 38.9 Å². The van der Waals surface area contributed by atoms with E-state index >= 15 is 0 Å². The van der Waals surface area contributed by atoms with Crippen molar-refractivity contribution in [1.82, 2.24) is 0 Å². The normalized spacial score (nSPS) is 11.1. The summed E-state index contributed by atoms with van der Waals surface area (Å²) in [6, 6.07) is 30.1. The Labute approximate surface area is 204 Å². The van der Waals surface area contributed by atoms with Crippen LogP contribution in [0.1, 0.15) is 5.56 Å². The molecule has 4 aromatic rings. The minimum Gasteiger partial charge on any atom is -0.324 e. The molecule has 0 spiro atoms. The predicted molar refractivity (Wildman–Crippen MR) is 138 cm³/mol. The summed E-state index contributed by atoms with van der Waals surface area (Å²) in [6.07, 6.45) is 0. The molecule has 4 rings (SSSR count). The summed E-state index contributed by atoms with van der Waals surface area (Å²) in [6.45, 7) is 1.36. The minimum atomic E-state index is -4.03. The highest BCUT2D eigenvalue weighted by atomic mass is 35.5. The Bertz CT molecular complexity index is 1410. The molecule has 0 radical (unpaired) electrons. The number of carbonyl (C=O) groups is 1. The van der Waals surface area contributed by atoms with Crippen LogP contribution in [-0.4, -0.2) is 20.9 Å². The van der Waals surface area contributed by atoms with Crippen LogP contribution in [0.25, 0.3) is 11.1 Å². The number of halogens is 1. The smallest absolute Gasteiger partial charge is 0.264 e. The van der Waals surface area contributed by atoms with Crippen molar-refractivity contribution in [3.05, 3.63) is 114 Å². The van der Waals surface area contributed by atoms with Crippen molar-refractivity contribution in [2.24, 2.45) is 0 Å². The Morgan fingerprint density at radius 3 is 2.18 bits per heavy atom. The second-order valence-electron chi connectivity index (χ2n) is 7.72. The molecule has 0 aliphatic rings. The SMILES string of the molecule is Cc1ccc(Cl)cc1N(CC(=O)Nc1ccccc1-c1ccccc1)S(=O)(=O)c1ccccc1. The molecule has 1 amide bonds.